The standard InChI is InChI=1S/C34H29BrN4O3S2/c1-21(31(40)39-34-28(20-36)27-12-5-6-13-30(27)44-34)43-26-11-7-10-25(19-26)37-33(42)29(18-22-14-16-24(35)17-15-22)38-32(41)23-8-3-2-4-9-23/h2-4,7-11,14-19,21H,5-6,12-13H2,1H3,(H,37,42)(H,38,41)(H,39,40)/b29-18+. The van der Waals surface area contributed by atoms with E-state index in [0.717, 1.165) is 46.2 Å². The molecule has 3 amide bonds. The summed E-state index contributed by atoms with van der Waals surface area (Å²) in [6.07, 6.45) is 5.61. The number of nitrogens with one attached hydrogen (secondary N) is 3. The molecular formula is C34H29BrN4O3S2. The van der Waals surface area contributed by atoms with E-state index >= 15 is 0 Å². The first-order chi connectivity index (χ1) is 21.3. The number of benzene rings is 3. The van der Waals surface area contributed by atoms with E-state index < -0.39 is 17.1 Å². The van der Waals surface area contributed by atoms with Crippen molar-refractivity contribution in [2.75, 3.05) is 10.6 Å². The molecule has 10 heteroatoms. The quantitative estimate of drug-likeness (QED) is 0.123. The van der Waals surface area contributed by atoms with Crippen molar-refractivity contribution in [2.24, 2.45) is 0 Å². The third kappa shape index (κ3) is 7.85. The fraction of sp³-hybridized carbons (Fsp3) is 0.176. The number of aryl methyl sites for hydroxylation is 1. The number of halogens is 1. The Kier molecular flexibility index (Phi) is 10.3. The number of carbonyl (C=O) groups excluding carboxylic acids is 3. The number of amides is 3. The average Bonchev–Trinajstić information content (AvgIpc) is 3.39. The predicted molar refractivity (Wildman–Crippen MR) is 181 cm³/mol. The molecule has 0 spiro atoms. The van der Waals surface area contributed by atoms with E-state index in [2.05, 4.69) is 37.9 Å². The maximum atomic E-state index is 13.4. The van der Waals surface area contributed by atoms with E-state index in [1.807, 2.05) is 43.3 Å². The van der Waals surface area contributed by atoms with Crippen LogP contribution < -0.4 is 16.0 Å². The van der Waals surface area contributed by atoms with Crippen LogP contribution in [0.4, 0.5) is 10.7 Å². The second kappa shape index (κ2) is 14.5. The van der Waals surface area contributed by atoms with Crippen molar-refractivity contribution in [2.45, 2.75) is 42.8 Å². The fourth-order valence-electron chi connectivity index (χ4n) is 4.76. The Labute approximate surface area is 272 Å². The first-order valence-corrected chi connectivity index (χ1v) is 16.6. The van der Waals surface area contributed by atoms with Crippen LogP contribution in [0.3, 0.4) is 0 Å². The summed E-state index contributed by atoms with van der Waals surface area (Å²) >= 11 is 6.27. The number of anilines is 2. The van der Waals surface area contributed by atoms with Gasteiger partial charge in [-0.2, -0.15) is 5.26 Å². The molecule has 7 nitrogen and oxygen atoms in total. The molecule has 0 fully saturated rings. The molecule has 1 aromatic heterocycles. The Hall–Kier alpha value is -4.17. The first kappa shape index (κ1) is 31.3. The Balaban J connectivity index is 1.28. The zero-order valence-electron chi connectivity index (χ0n) is 23.9. The highest BCUT2D eigenvalue weighted by Gasteiger charge is 2.24. The van der Waals surface area contributed by atoms with Crippen LogP contribution in [-0.4, -0.2) is 23.0 Å². The van der Waals surface area contributed by atoms with Crippen molar-refractivity contribution < 1.29 is 14.4 Å². The van der Waals surface area contributed by atoms with Crippen molar-refractivity contribution in [3.63, 3.8) is 0 Å². The van der Waals surface area contributed by atoms with Gasteiger partial charge in [0, 0.05) is 25.5 Å². The van der Waals surface area contributed by atoms with Gasteiger partial charge in [-0.25, -0.2) is 0 Å². The van der Waals surface area contributed by atoms with E-state index in [1.165, 1.54) is 28.0 Å². The topological polar surface area (TPSA) is 111 Å². The van der Waals surface area contributed by atoms with Gasteiger partial charge in [-0.1, -0.05) is 52.3 Å². The van der Waals surface area contributed by atoms with Gasteiger partial charge in [-0.3, -0.25) is 14.4 Å². The molecule has 3 aromatic carbocycles. The molecule has 0 aliphatic heterocycles. The van der Waals surface area contributed by atoms with Gasteiger partial charge in [0.2, 0.25) is 5.91 Å². The molecule has 0 saturated carbocycles. The lowest BCUT2D eigenvalue weighted by atomic mass is 9.96. The molecular weight excluding hydrogens is 656 g/mol. The molecule has 1 atom stereocenters. The summed E-state index contributed by atoms with van der Waals surface area (Å²) in [5.74, 6) is -1.09. The molecule has 44 heavy (non-hydrogen) atoms. The van der Waals surface area contributed by atoms with Gasteiger partial charge in [0.1, 0.15) is 16.8 Å². The highest BCUT2D eigenvalue weighted by molar-refractivity contribution is 9.10. The highest BCUT2D eigenvalue weighted by Crippen LogP contribution is 2.38. The zero-order chi connectivity index (χ0) is 31.1. The molecule has 1 unspecified atom stereocenters. The Bertz CT molecular complexity index is 1760. The van der Waals surface area contributed by atoms with Crippen molar-refractivity contribution >= 4 is 73.5 Å². The normalized spacial score (nSPS) is 13.2. The van der Waals surface area contributed by atoms with E-state index in [-0.39, 0.29) is 11.6 Å². The molecule has 0 saturated heterocycles. The Morgan fingerprint density at radius 1 is 0.977 bits per heavy atom. The van der Waals surface area contributed by atoms with Gasteiger partial charge < -0.3 is 16.0 Å². The van der Waals surface area contributed by atoms with Gasteiger partial charge in [0.25, 0.3) is 11.8 Å². The smallest absolute Gasteiger partial charge is 0.272 e. The van der Waals surface area contributed by atoms with Crippen molar-refractivity contribution in [1.29, 1.82) is 5.26 Å². The minimum Gasteiger partial charge on any atom is -0.321 e. The molecule has 1 aliphatic rings. The van der Waals surface area contributed by atoms with Crippen LogP contribution in [0.2, 0.25) is 0 Å². The lowest BCUT2D eigenvalue weighted by Gasteiger charge is -2.14. The molecule has 0 radical (unpaired) electrons. The number of hydrogen-bond donors (Lipinski definition) is 3. The zero-order valence-corrected chi connectivity index (χ0v) is 27.1. The van der Waals surface area contributed by atoms with Crippen LogP contribution in [0.25, 0.3) is 6.08 Å². The maximum absolute atomic E-state index is 13.4. The monoisotopic (exact) mass is 684 g/mol. The van der Waals surface area contributed by atoms with Crippen molar-refractivity contribution in [1.82, 2.24) is 5.32 Å². The highest BCUT2D eigenvalue weighted by atomic mass is 79.9. The van der Waals surface area contributed by atoms with Crippen LogP contribution in [0.15, 0.2) is 93.9 Å². The average molecular weight is 686 g/mol. The van der Waals surface area contributed by atoms with Crippen LogP contribution >= 0.6 is 39.0 Å². The predicted octanol–water partition coefficient (Wildman–Crippen LogP) is 7.79. The second-order valence-corrected chi connectivity index (χ2v) is 13.6. The molecule has 5 rings (SSSR count). The maximum Gasteiger partial charge on any atom is 0.272 e. The Morgan fingerprint density at radius 3 is 2.48 bits per heavy atom. The van der Waals surface area contributed by atoms with Crippen LogP contribution in [0.5, 0.6) is 0 Å². The van der Waals surface area contributed by atoms with E-state index in [1.54, 1.807) is 48.5 Å². The SMILES string of the molecule is CC(Sc1cccc(NC(=O)/C(=C\c2ccc(Br)cc2)NC(=O)c2ccccc2)c1)C(=O)Nc1sc2c(c1C#N)CCCC2. The van der Waals surface area contributed by atoms with Crippen LogP contribution in [-0.2, 0) is 22.4 Å². The first-order valence-electron chi connectivity index (χ1n) is 14.1. The number of thiophene rings is 1. The summed E-state index contributed by atoms with van der Waals surface area (Å²) in [4.78, 5) is 41.5. The number of fused-ring (bicyclic) bond motifs is 1. The van der Waals surface area contributed by atoms with Crippen LogP contribution in [0.1, 0.15) is 51.7 Å². The van der Waals surface area contributed by atoms with E-state index in [0.29, 0.717) is 21.8 Å². The molecule has 1 aliphatic carbocycles. The summed E-state index contributed by atoms with van der Waals surface area (Å²) in [5.41, 5.74) is 3.43. The third-order valence-electron chi connectivity index (χ3n) is 7.00. The summed E-state index contributed by atoms with van der Waals surface area (Å²) in [6.45, 7) is 1.81. The second-order valence-electron chi connectivity index (χ2n) is 10.2. The number of carbonyl (C=O) groups is 3. The molecule has 1 heterocycles. The summed E-state index contributed by atoms with van der Waals surface area (Å²) in [6, 6.07) is 25.5. The lowest BCUT2D eigenvalue weighted by molar-refractivity contribution is -0.115. The number of thioether (sulfide) groups is 1. The van der Waals surface area contributed by atoms with E-state index in [9.17, 15) is 19.6 Å². The minimum atomic E-state index is -0.490. The largest absolute Gasteiger partial charge is 0.321 e. The molecule has 222 valence electrons. The Morgan fingerprint density at radius 2 is 1.73 bits per heavy atom. The summed E-state index contributed by atoms with van der Waals surface area (Å²) in [7, 11) is 0. The van der Waals surface area contributed by atoms with Crippen molar-refractivity contribution in [3.8, 4) is 6.07 Å². The fourth-order valence-corrected chi connectivity index (χ4v) is 7.19. The number of rotatable bonds is 9. The number of nitriles is 1. The van der Waals surface area contributed by atoms with Gasteiger partial charge in [0.05, 0.1) is 10.8 Å². The third-order valence-corrected chi connectivity index (χ3v) is 9.83. The summed E-state index contributed by atoms with van der Waals surface area (Å²) < 4.78 is 0.895. The lowest BCUT2D eigenvalue weighted by Crippen LogP contribution is -2.30. The molecule has 0 bridgehead atoms. The molecule has 3 N–H and O–H groups in total. The number of hydrogen-bond acceptors (Lipinski definition) is 6. The minimum absolute atomic E-state index is 0.0823. The van der Waals surface area contributed by atoms with Gasteiger partial charge in [0.15, 0.2) is 0 Å². The van der Waals surface area contributed by atoms with Crippen LogP contribution in [0, 0.1) is 11.3 Å². The van der Waals surface area contributed by atoms with Crippen molar-refractivity contribution in [3.05, 3.63) is 116 Å². The summed E-state index contributed by atoms with van der Waals surface area (Å²) in [5, 5.41) is 18.5. The molecule has 4 aromatic rings. The van der Waals surface area contributed by atoms with E-state index in [4.69, 9.17) is 0 Å². The van der Waals surface area contributed by atoms with Gasteiger partial charge in [-0.05, 0) is 92.3 Å². The van der Waals surface area contributed by atoms with Gasteiger partial charge in [-0.15, -0.1) is 23.1 Å². The van der Waals surface area contributed by atoms with Gasteiger partial charge >= 0.3 is 0 Å². The number of nitrogens with zero attached hydrogens (tertiary/aromatic N) is 1.